The van der Waals surface area contributed by atoms with Crippen molar-refractivity contribution in [1.82, 2.24) is 14.8 Å². The minimum Gasteiger partial charge on any atom is -0.393 e. The molecule has 1 aromatic rings. The van der Waals surface area contributed by atoms with Gasteiger partial charge in [0.05, 0.1) is 6.10 Å². The zero-order valence-electron chi connectivity index (χ0n) is 7.65. The maximum atomic E-state index is 11.1. The van der Waals surface area contributed by atoms with Gasteiger partial charge < -0.3 is 5.11 Å². The van der Waals surface area contributed by atoms with E-state index in [1.54, 1.807) is 6.92 Å². The fourth-order valence-electron chi connectivity index (χ4n) is 0.887. The zero-order valence-corrected chi connectivity index (χ0v) is 8.47. The molecule has 2 N–H and O–H groups in total. The Morgan fingerprint density at radius 3 is 3.00 bits per heavy atom. The molecule has 0 saturated heterocycles. The molecule has 0 radical (unpaired) electrons. The van der Waals surface area contributed by atoms with Crippen molar-refractivity contribution in [2.24, 2.45) is 0 Å². The number of hydrogen-bond donors (Lipinski definition) is 2. The number of nitrogens with one attached hydrogen (secondary N) is 1. The van der Waals surface area contributed by atoms with Gasteiger partial charge in [-0.15, -0.1) is 5.10 Å². The topological polar surface area (TPSA) is 70.9 Å². The number of aliphatic hydroxyl groups is 1. The molecule has 5 nitrogen and oxygen atoms in total. The van der Waals surface area contributed by atoms with Crippen LogP contribution in [-0.2, 0) is 6.54 Å². The summed E-state index contributed by atoms with van der Waals surface area (Å²) in [5.74, 6) is 0.546. The SMILES string of the molecule is CCn1c(SC[C@@H](C)O)n[nH]c1=O. The molecular formula is C7H13N3O2S. The van der Waals surface area contributed by atoms with Gasteiger partial charge in [0.2, 0.25) is 0 Å². The van der Waals surface area contributed by atoms with E-state index in [9.17, 15) is 4.79 Å². The van der Waals surface area contributed by atoms with Crippen LogP contribution in [0.25, 0.3) is 0 Å². The van der Waals surface area contributed by atoms with Crippen LogP contribution in [0.15, 0.2) is 9.95 Å². The van der Waals surface area contributed by atoms with Crippen molar-refractivity contribution in [2.75, 3.05) is 5.75 Å². The number of thioether (sulfide) groups is 1. The third kappa shape index (κ3) is 2.60. The van der Waals surface area contributed by atoms with E-state index in [4.69, 9.17) is 5.11 Å². The summed E-state index contributed by atoms with van der Waals surface area (Å²) in [7, 11) is 0. The van der Waals surface area contributed by atoms with Crippen LogP contribution in [0.3, 0.4) is 0 Å². The van der Waals surface area contributed by atoms with E-state index in [1.807, 2.05) is 6.92 Å². The van der Waals surface area contributed by atoms with E-state index in [0.717, 1.165) is 0 Å². The Labute approximate surface area is 80.2 Å². The van der Waals surface area contributed by atoms with Crippen molar-refractivity contribution >= 4 is 11.8 Å². The number of rotatable bonds is 4. The maximum absolute atomic E-state index is 11.1. The van der Waals surface area contributed by atoms with Crippen LogP contribution in [0.1, 0.15) is 13.8 Å². The van der Waals surface area contributed by atoms with Gasteiger partial charge in [0, 0.05) is 12.3 Å². The predicted octanol–water partition coefficient (Wildman–Crippen LogP) is 0.0642. The minimum absolute atomic E-state index is 0.199. The van der Waals surface area contributed by atoms with E-state index in [2.05, 4.69) is 10.2 Å². The van der Waals surface area contributed by atoms with Crippen molar-refractivity contribution in [2.45, 2.75) is 31.7 Å². The lowest BCUT2D eigenvalue weighted by Crippen LogP contribution is -2.16. The highest BCUT2D eigenvalue weighted by atomic mass is 32.2. The zero-order chi connectivity index (χ0) is 9.84. The predicted molar refractivity (Wildman–Crippen MR) is 50.9 cm³/mol. The molecule has 1 atom stereocenters. The van der Waals surface area contributed by atoms with Crippen LogP contribution < -0.4 is 5.69 Å². The van der Waals surface area contributed by atoms with E-state index in [0.29, 0.717) is 17.5 Å². The van der Waals surface area contributed by atoms with Crippen molar-refractivity contribution in [3.05, 3.63) is 10.5 Å². The molecule has 0 bridgehead atoms. The lowest BCUT2D eigenvalue weighted by molar-refractivity contribution is 0.220. The fourth-order valence-corrected chi connectivity index (χ4v) is 1.76. The molecule has 0 unspecified atom stereocenters. The first-order chi connectivity index (χ1) is 6.15. The molecule has 13 heavy (non-hydrogen) atoms. The summed E-state index contributed by atoms with van der Waals surface area (Å²) in [6.07, 6.45) is -0.387. The second kappa shape index (κ2) is 4.48. The number of aliphatic hydroxyl groups excluding tert-OH is 1. The highest BCUT2D eigenvalue weighted by molar-refractivity contribution is 7.99. The van der Waals surface area contributed by atoms with Gasteiger partial charge in [-0.05, 0) is 13.8 Å². The molecular weight excluding hydrogens is 190 g/mol. The Hall–Kier alpha value is -0.750. The van der Waals surface area contributed by atoms with Crippen LogP contribution >= 0.6 is 11.8 Å². The van der Waals surface area contributed by atoms with Crippen molar-refractivity contribution in [1.29, 1.82) is 0 Å². The molecule has 0 spiro atoms. The average Bonchev–Trinajstić information content (AvgIpc) is 2.42. The second-order valence-corrected chi connectivity index (χ2v) is 3.70. The molecule has 6 heteroatoms. The van der Waals surface area contributed by atoms with Gasteiger partial charge in [0.15, 0.2) is 5.16 Å². The average molecular weight is 203 g/mol. The van der Waals surface area contributed by atoms with Crippen LogP contribution in [-0.4, -0.2) is 31.7 Å². The summed E-state index contributed by atoms with van der Waals surface area (Å²) in [5.41, 5.74) is -0.199. The van der Waals surface area contributed by atoms with Gasteiger partial charge in [-0.25, -0.2) is 9.89 Å². The van der Waals surface area contributed by atoms with E-state index < -0.39 is 0 Å². The summed E-state index contributed by atoms with van der Waals surface area (Å²) in [5, 5.41) is 15.9. The molecule has 1 aromatic heterocycles. The molecule has 0 aliphatic heterocycles. The van der Waals surface area contributed by atoms with Crippen molar-refractivity contribution in [3.63, 3.8) is 0 Å². The van der Waals surface area contributed by atoms with Crippen LogP contribution in [0.5, 0.6) is 0 Å². The highest BCUT2D eigenvalue weighted by Gasteiger charge is 2.07. The van der Waals surface area contributed by atoms with Crippen molar-refractivity contribution < 1.29 is 5.11 Å². The van der Waals surface area contributed by atoms with Gasteiger partial charge in [-0.1, -0.05) is 11.8 Å². The fraction of sp³-hybridized carbons (Fsp3) is 0.714. The van der Waals surface area contributed by atoms with Gasteiger partial charge in [-0.2, -0.15) is 0 Å². The second-order valence-electron chi connectivity index (χ2n) is 2.72. The Balaban J connectivity index is 2.71. The van der Waals surface area contributed by atoms with Gasteiger partial charge in [-0.3, -0.25) is 4.57 Å². The molecule has 0 saturated carbocycles. The van der Waals surface area contributed by atoms with Crippen LogP contribution in [0.4, 0.5) is 0 Å². The minimum atomic E-state index is -0.387. The summed E-state index contributed by atoms with van der Waals surface area (Å²) in [6, 6.07) is 0. The number of nitrogens with zero attached hydrogens (tertiary/aromatic N) is 2. The summed E-state index contributed by atoms with van der Waals surface area (Å²) in [4.78, 5) is 11.1. The summed E-state index contributed by atoms with van der Waals surface area (Å²) < 4.78 is 1.53. The molecule has 74 valence electrons. The molecule has 0 fully saturated rings. The lowest BCUT2D eigenvalue weighted by atomic mass is 10.5. The van der Waals surface area contributed by atoms with E-state index >= 15 is 0 Å². The first-order valence-corrected chi connectivity index (χ1v) is 5.09. The van der Waals surface area contributed by atoms with E-state index in [1.165, 1.54) is 16.3 Å². The molecule has 0 aromatic carbocycles. The maximum Gasteiger partial charge on any atom is 0.343 e. The molecule has 1 heterocycles. The quantitative estimate of drug-likeness (QED) is 0.679. The Morgan fingerprint density at radius 2 is 2.46 bits per heavy atom. The number of hydrogen-bond acceptors (Lipinski definition) is 4. The molecule has 0 aliphatic carbocycles. The van der Waals surface area contributed by atoms with E-state index in [-0.39, 0.29) is 11.8 Å². The third-order valence-electron chi connectivity index (χ3n) is 1.49. The standard InChI is InChI=1S/C7H13N3O2S/c1-3-10-6(12)8-9-7(10)13-4-5(2)11/h5,11H,3-4H2,1-2H3,(H,8,12)/t5-/m1/s1. The summed E-state index contributed by atoms with van der Waals surface area (Å²) in [6.45, 7) is 4.18. The number of aromatic amines is 1. The van der Waals surface area contributed by atoms with Gasteiger partial charge in [0.25, 0.3) is 0 Å². The van der Waals surface area contributed by atoms with Crippen molar-refractivity contribution in [3.8, 4) is 0 Å². The first kappa shape index (κ1) is 10.3. The third-order valence-corrected chi connectivity index (χ3v) is 2.71. The van der Waals surface area contributed by atoms with Gasteiger partial charge in [0.1, 0.15) is 0 Å². The molecule has 1 rings (SSSR count). The molecule has 0 amide bonds. The smallest absolute Gasteiger partial charge is 0.343 e. The Morgan fingerprint density at radius 1 is 1.77 bits per heavy atom. The Bertz CT molecular complexity index is 318. The highest BCUT2D eigenvalue weighted by Crippen LogP contribution is 2.13. The molecule has 0 aliphatic rings. The largest absolute Gasteiger partial charge is 0.393 e. The Kier molecular flexibility index (Phi) is 3.56. The summed E-state index contributed by atoms with van der Waals surface area (Å²) >= 11 is 1.37. The number of H-pyrrole nitrogens is 1. The van der Waals surface area contributed by atoms with Gasteiger partial charge >= 0.3 is 5.69 Å². The number of aromatic nitrogens is 3. The lowest BCUT2D eigenvalue weighted by Gasteiger charge is -2.03. The monoisotopic (exact) mass is 203 g/mol. The van der Waals surface area contributed by atoms with Crippen LogP contribution in [0, 0.1) is 0 Å². The normalized spacial score (nSPS) is 13.2. The first-order valence-electron chi connectivity index (χ1n) is 4.11. The van der Waals surface area contributed by atoms with Crippen LogP contribution in [0.2, 0.25) is 0 Å².